The van der Waals surface area contributed by atoms with E-state index in [9.17, 15) is 9.59 Å². The van der Waals surface area contributed by atoms with E-state index < -0.39 is 11.4 Å². The fourth-order valence-electron chi connectivity index (χ4n) is 1.39. The average Bonchev–Trinajstić information content (AvgIpc) is 2.31. The summed E-state index contributed by atoms with van der Waals surface area (Å²) in [4.78, 5) is 22.0. The topological polar surface area (TPSA) is 92.4 Å². The molecule has 100 valence electrons. The molecule has 0 rings (SSSR count). The van der Waals surface area contributed by atoms with Crippen molar-refractivity contribution in [3.63, 3.8) is 0 Å². The molecule has 0 bridgehead atoms. The summed E-state index contributed by atoms with van der Waals surface area (Å²) in [6.45, 7) is 4.73. The van der Waals surface area contributed by atoms with Crippen LogP contribution in [0.25, 0.3) is 0 Å². The molecule has 0 saturated carbocycles. The molecular formula is C12H24N2O3. The molecule has 0 aliphatic rings. The molecule has 1 amide bonds. The van der Waals surface area contributed by atoms with Gasteiger partial charge in [0.2, 0.25) is 5.91 Å². The first kappa shape index (κ1) is 15.9. The molecule has 0 aromatic heterocycles. The summed E-state index contributed by atoms with van der Waals surface area (Å²) < 4.78 is 0. The number of nitrogens with one attached hydrogen (secondary N) is 1. The number of carbonyl (C=O) groups is 2. The third kappa shape index (κ3) is 6.26. The summed E-state index contributed by atoms with van der Waals surface area (Å²) in [5, 5.41) is 11.3. The molecular weight excluding hydrogens is 220 g/mol. The summed E-state index contributed by atoms with van der Waals surface area (Å²) in [6, 6.07) is 0. The summed E-state index contributed by atoms with van der Waals surface area (Å²) in [5.41, 5.74) is 5.09. The molecule has 0 aromatic carbocycles. The van der Waals surface area contributed by atoms with Crippen LogP contribution < -0.4 is 11.1 Å². The molecule has 0 aromatic rings. The second-order valence-corrected chi connectivity index (χ2v) is 4.58. The van der Waals surface area contributed by atoms with Crippen molar-refractivity contribution in [2.45, 2.75) is 46.0 Å². The number of carboxylic acids is 1. The summed E-state index contributed by atoms with van der Waals surface area (Å²) in [5.74, 6) is -0.781. The lowest BCUT2D eigenvalue weighted by atomic mass is 9.86. The molecule has 0 aliphatic heterocycles. The van der Waals surface area contributed by atoms with Crippen molar-refractivity contribution < 1.29 is 14.7 Å². The van der Waals surface area contributed by atoms with Gasteiger partial charge in [-0.25, -0.2) is 0 Å². The number of hydrogen-bond donors (Lipinski definition) is 3. The van der Waals surface area contributed by atoms with Crippen LogP contribution in [0.4, 0.5) is 0 Å². The Labute approximate surface area is 103 Å². The maximum atomic E-state index is 11.8. The van der Waals surface area contributed by atoms with Crippen LogP contribution in [0, 0.1) is 5.41 Å². The molecule has 17 heavy (non-hydrogen) atoms. The summed E-state index contributed by atoms with van der Waals surface area (Å²) in [6.07, 6.45) is 3.20. The van der Waals surface area contributed by atoms with Gasteiger partial charge < -0.3 is 16.2 Å². The molecule has 0 heterocycles. The minimum Gasteiger partial charge on any atom is -0.481 e. The smallest absolute Gasteiger partial charge is 0.303 e. The van der Waals surface area contributed by atoms with Gasteiger partial charge in [-0.3, -0.25) is 9.59 Å². The van der Waals surface area contributed by atoms with Crippen molar-refractivity contribution >= 4 is 11.9 Å². The predicted octanol–water partition coefficient (Wildman–Crippen LogP) is 1.12. The Balaban J connectivity index is 3.68. The minimum absolute atomic E-state index is 0.0132. The van der Waals surface area contributed by atoms with Crippen LogP contribution in [0.3, 0.4) is 0 Å². The number of unbranched alkanes of at least 4 members (excludes halogenated alkanes) is 2. The van der Waals surface area contributed by atoms with Crippen LogP contribution in [0.1, 0.15) is 46.0 Å². The second-order valence-electron chi connectivity index (χ2n) is 4.58. The number of rotatable bonds is 9. The normalized spacial score (nSPS) is 14.1. The summed E-state index contributed by atoms with van der Waals surface area (Å²) >= 11 is 0. The van der Waals surface area contributed by atoms with E-state index in [-0.39, 0.29) is 12.3 Å². The number of carbonyl (C=O) groups excluding carboxylic acids is 1. The standard InChI is InChI=1S/C12H24N2O3/c1-3-12(2,9-13)11(17)14-8-6-4-5-7-10(15)16/h3-9,13H2,1-2H3,(H,14,17)(H,15,16). The summed E-state index contributed by atoms with van der Waals surface area (Å²) in [7, 11) is 0. The highest BCUT2D eigenvalue weighted by Crippen LogP contribution is 2.18. The third-order valence-electron chi connectivity index (χ3n) is 3.13. The van der Waals surface area contributed by atoms with Gasteiger partial charge in [-0.15, -0.1) is 0 Å². The average molecular weight is 244 g/mol. The largest absolute Gasteiger partial charge is 0.481 e. The molecule has 0 radical (unpaired) electrons. The molecule has 5 heteroatoms. The zero-order valence-electron chi connectivity index (χ0n) is 10.8. The Morgan fingerprint density at radius 3 is 2.41 bits per heavy atom. The van der Waals surface area contributed by atoms with E-state index in [4.69, 9.17) is 10.8 Å². The SMILES string of the molecule is CCC(C)(CN)C(=O)NCCCCCC(=O)O. The van der Waals surface area contributed by atoms with Crippen molar-refractivity contribution in [1.82, 2.24) is 5.32 Å². The molecule has 0 spiro atoms. The van der Waals surface area contributed by atoms with Crippen molar-refractivity contribution in [2.24, 2.45) is 11.1 Å². The van der Waals surface area contributed by atoms with E-state index in [1.165, 1.54) is 0 Å². The van der Waals surface area contributed by atoms with E-state index in [1.807, 2.05) is 13.8 Å². The molecule has 1 unspecified atom stereocenters. The Morgan fingerprint density at radius 2 is 1.94 bits per heavy atom. The van der Waals surface area contributed by atoms with E-state index >= 15 is 0 Å². The lowest BCUT2D eigenvalue weighted by Gasteiger charge is -2.24. The zero-order valence-corrected chi connectivity index (χ0v) is 10.8. The Kier molecular flexibility index (Phi) is 7.54. The van der Waals surface area contributed by atoms with Crippen LogP contribution in [0.15, 0.2) is 0 Å². The minimum atomic E-state index is -0.768. The van der Waals surface area contributed by atoms with Crippen LogP contribution >= 0.6 is 0 Å². The van der Waals surface area contributed by atoms with Gasteiger partial charge in [0.1, 0.15) is 0 Å². The van der Waals surface area contributed by atoms with Crippen LogP contribution in [0.2, 0.25) is 0 Å². The van der Waals surface area contributed by atoms with Crippen molar-refractivity contribution in [3.8, 4) is 0 Å². The Morgan fingerprint density at radius 1 is 1.29 bits per heavy atom. The number of hydrogen-bond acceptors (Lipinski definition) is 3. The highest BCUT2D eigenvalue weighted by atomic mass is 16.4. The first-order chi connectivity index (χ1) is 7.96. The van der Waals surface area contributed by atoms with Crippen molar-refractivity contribution in [1.29, 1.82) is 0 Å². The van der Waals surface area contributed by atoms with Crippen LogP contribution in [0.5, 0.6) is 0 Å². The van der Waals surface area contributed by atoms with Gasteiger partial charge in [-0.05, 0) is 26.2 Å². The monoisotopic (exact) mass is 244 g/mol. The maximum absolute atomic E-state index is 11.8. The highest BCUT2D eigenvalue weighted by molar-refractivity contribution is 5.82. The van der Waals surface area contributed by atoms with Crippen LogP contribution in [-0.2, 0) is 9.59 Å². The van der Waals surface area contributed by atoms with Gasteiger partial charge >= 0.3 is 5.97 Å². The fraction of sp³-hybridized carbons (Fsp3) is 0.833. The second kappa shape index (κ2) is 8.06. The van der Waals surface area contributed by atoms with E-state index in [2.05, 4.69) is 5.32 Å². The predicted molar refractivity (Wildman–Crippen MR) is 66.6 cm³/mol. The lowest BCUT2D eigenvalue weighted by molar-refractivity contribution is -0.137. The van der Waals surface area contributed by atoms with Gasteiger partial charge in [-0.1, -0.05) is 13.3 Å². The van der Waals surface area contributed by atoms with Gasteiger partial charge in [0, 0.05) is 19.5 Å². The molecule has 0 saturated heterocycles. The number of aliphatic carboxylic acids is 1. The molecule has 4 N–H and O–H groups in total. The van der Waals surface area contributed by atoms with E-state index in [1.54, 1.807) is 0 Å². The van der Waals surface area contributed by atoms with E-state index in [0.717, 1.165) is 12.8 Å². The Hall–Kier alpha value is -1.10. The molecule has 5 nitrogen and oxygen atoms in total. The van der Waals surface area contributed by atoms with Crippen LogP contribution in [-0.4, -0.2) is 30.1 Å². The third-order valence-corrected chi connectivity index (χ3v) is 3.13. The van der Waals surface area contributed by atoms with Crippen molar-refractivity contribution in [2.75, 3.05) is 13.1 Å². The fourth-order valence-corrected chi connectivity index (χ4v) is 1.39. The first-order valence-electron chi connectivity index (χ1n) is 6.16. The first-order valence-corrected chi connectivity index (χ1v) is 6.16. The molecule has 0 fully saturated rings. The quantitative estimate of drug-likeness (QED) is 0.530. The van der Waals surface area contributed by atoms with Gasteiger partial charge in [-0.2, -0.15) is 0 Å². The molecule has 1 atom stereocenters. The number of carboxylic acid groups (broad SMARTS) is 1. The lowest BCUT2D eigenvalue weighted by Crippen LogP contribution is -2.43. The molecule has 0 aliphatic carbocycles. The van der Waals surface area contributed by atoms with Gasteiger partial charge in [0.25, 0.3) is 0 Å². The maximum Gasteiger partial charge on any atom is 0.303 e. The Bertz CT molecular complexity index is 250. The van der Waals surface area contributed by atoms with Gasteiger partial charge in [0.05, 0.1) is 5.41 Å². The van der Waals surface area contributed by atoms with Gasteiger partial charge in [0.15, 0.2) is 0 Å². The number of amides is 1. The zero-order chi connectivity index (χ0) is 13.3. The highest BCUT2D eigenvalue weighted by Gasteiger charge is 2.28. The van der Waals surface area contributed by atoms with E-state index in [0.29, 0.717) is 25.9 Å². The number of nitrogens with two attached hydrogens (primary N) is 1. The van der Waals surface area contributed by atoms with Crippen molar-refractivity contribution in [3.05, 3.63) is 0 Å².